The van der Waals surface area contributed by atoms with Crippen LogP contribution in [0.4, 0.5) is 5.95 Å². The number of nitrogens with zero attached hydrogens (tertiary/aromatic N) is 4. The molecule has 4 rings (SSSR count). The van der Waals surface area contributed by atoms with Crippen molar-refractivity contribution in [2.75, 3.05) is 31.1 Å². The molecule has 0 spiro atoms. The minimum absolute atomic E-state index is 0.188. The highest BCUT2D eigenvalue weighted by Gasteiger charge is 2.24. The zero-order valence-corrected chi connectivity index (χ0v) is 16.1. The molecule has 0 atom stereocenters. The number of carbonyl (C=O) groups is 1. The van der Waals surface area contributed by atoms with Crippen molar-refractivity contribution in [3.05, 3.63) is 53.0 Å². The Morgan fingerprint density at radius 1 is 1.04 bits per heavy atom. The molecule has 3 heterocycles. The Bertz CT molecular complexity index is 971. The number of amides is 1. The fourth-order valence-corrected chi connectivity index (χ4v) is 3.91. The zero-order valence-electron chi connectivity index (χ0n) is 16.1. The van der Waals surface area contributed by atoms with E-state index in [1.165, 1.54) is 16.5 Å². The standard InChI is InChI=1S/C21H25N5O/c1-14-5-6-15(2)20-19(14)17(16(3)24-20)13-18(27)25-9-11-26(12-10-25)21-22-7-4-8-23-21/h4-8,24H,9-13H2,1-3H3. The number of anilines is 1. The number of fused-ring (bicyclic) bond motifs is 1. The summed E-state index contributed by atoms with van der Waals surface area (Å²) in [6, 6.07) is 6.08. The van der Waals surface area contributed by atoms with Crippen LogP contribution >= 0.6 is 0 Å². The van der Waals surface area contributed by atoms with Gasteiger partial charge in [0.15, 0.2) is 0 Å². The van der Waals surface area contributed by atoms with Crippen LogP contribution < -0.4 is 4.90 Å². The lowest BCUT2D eigenvalue weighted by atomic mass is 10.0. The normalized spacial score (nSPS) is 14.8. The fourth-order valence-electron chi connectivity index (χ4n) is 3.91. The van der Waals surface area contributed by atoms with E-state index in [0.717, 1.165) is 35.8 Å². The van der Waals surface area contributed by atoms with Crippen molar-refractivity contribution in [2.45, 2.75) is 27.2 Å². The van der Waals surface area contributed by atoms with Crippen molar-refractivity contribution in [3.63, 3.8) is 0 Å². The van der Waals surface area contributed by atoms with Gasteiger partial charge in [-0.3, -0.25) is 4.79 Å². The number of hydrogen-bond donors (Lipinski definition) is 1. The average Bonchev–Trinajstić information content (AvgIpc) is 3.03. The second-order valence-corrected chi connectivity index (χ2v) is 7.27. The van der Waals surface area contributed by atoms with E-state index in [-0.39, 0.29) is 5.91 Å². The summed E-state index contributed by atoms with van der Waals surface area (Å²) >= 11 is 0. The summed E-state index contributed by atoms with van der Waals surface area (Å²) in [4.78, 5) is 29.1. The van der Waals surface area contributed by atoms with Gasteiger partial charge in [-0.05, 0) is 43.5 Å². The van der Waals surface area contributed by atoms with Gasteiger partial charge in [-0.25, -0.2) is 9.97 Å². The predicted octanol–water partition coefficient (Wildman–Crippen LogP) is 2.77. The molecule has 1 fully saturated rings. The minimum atomic E-state index is 0.188. The van der Waals surface area contributed by atoms with Gasteiger partial charge in [0.05, 0.1) is 6.42 Å². The maximum atomic E-state index is 13.0. The van der Waals surface area contributed by atoms with Crippen LogP contribution in [-0.2, 0) is 11.2 Å². The van der Waals surface area contributed by atoms with Gasteiger partial charge in [0.1, 0.15) is 0 Å². The number of carbonyl (C=O) groups excluding carboxylic acids is 1. The predicted molar refractivity (Wildman–Crippen MR) is 107 cm³/mol. The van der Waals surface area contributed by atoms with E-state index in [4.69, 9.17) is 0 Å². The zero-order chi connectivity index (χ0) is 19.0. The number of aromatic amines is 1. The lowest BCUT2D eigenvalue weighted by Crippen LogP contribution is -2.49. The van der Waals surface area contributed by atoms with Crippen LogP contribution in [0, 0.1) is 20.8 Å². The molecule has 6 heteroatoms. The lowest BCUT2D eigenvalue weighted by molar-refractivity contribution is -0.130. The van der Waals surface area contributed by atoms with Gasteiger partial charge in [0, 0.05) is 55.2 Å². The Labute approximate surface area is 159 Å². The Hall–Kier alpha value is -2.89. The molecule has 0 saturated carbocycles. The van der Waals surface area contributed by atoms with E-state index in [1.54, 1.807) is 12.4 Å². The number of piperazine rings is 1. The summed E-state index contributed by atoms with van der Waals surface area (Å²) in [5.41, 5.74) is 5.81. The molecule has 0 radical (unpaired) electrons. The topological polar surface area (TPSA) is 65.1 Å². The first-order valence-corrected chi connectivity index (χ1v) is 9.41. The number of nitrogens with one attached hydrogen (secondary N) is 1. The summed E-state index contributed by atoms with van der Waals surface area (Å²) in [6.45, 7) is 9.22. The first-order chi connectivity index (χ1) is 13.0. The van der Waals surface area contributed by atoms with E-state index in [9.17, 15) is 4.79 Å². The Morgan fingerprint density at radius 2 is 1.70 bits per heavy atom. The lowest BCUT2D eigenvalue weighted by Gasteiger charge is -2.34. The highest BCUT2D eigenvalue weighted by atomic mass is 16.2. The van der Waals surface area contributed by atoms with Gasteiger partial charge in [0.2, 0.25) is 11.9 Å². The molecular formula is C21H25N5O. The third-order valence-electron chi connectivity index (χ3n) is 5.48. The number of hydrogen-bond acceptors (Lipinski definition) is 4. The van der Waals surface area contributed by atoms with Crippen LogP contribution in [0.2, 0.25) is 0 Å². The molecule has 1 aliphatic rings. The smallest absolute Gasteiger partial charge is 0.227 e. The highest BCUT2D eigenvalue weighted by molar-refractivity contribution is 5.94. The number of rotatable bonds is 3. The van der Waals surface area contributed by atoms with Crippen molar-refractivity contribution in [1.82, 2.24) is 19.9 Å². The Kier molecular flexibility index (Phi) is 4.56. The molecule has 0 bridgehead atoms. The van der Waals surface area contributed by atoms with Crippen molar-refractivity contribution >= 4 is 22.8 Å². The molecule has 1 N–H and O–H groups in total. The van der Waals surface area contributed by atoms with E-state index < -0.39 is 0 Å². The van der Waals surface area contributed by atoms with Crippen LogP contribution in [-0.4, -0.2) is 51.9 Å². The number of aryl methyl sites for hydroxylation is 3. The van der Waals surface area contributed by atoms with E-state index in [2.05, 4.69) is 52.8 Å². The largest absolute Gasteiger partial charge is 0.358 e. The molecule has 6 nitrogen and oxygen atoms in total. The van der Waals surface area contributed by atoms with Crippen LogP contribution in [0.1, 0.15) is 22.4 Å². The number of benzene rings is 1. The van der Waals surface area contributed by atoms with Gasteiger partial charge in [-0.15, -0.1) is 0 Å². The molecule has 1 aliphatic heterocycles. The summed E-state index contributed by atoms with van der Waals surface area (Å²) in [5.74, 6) is 0.928. The molecule has 3 aromatic rings. The Balaban J connectivity index is 1.49. The van der Waals surface area contributed by atoms with Crippen LogP contribution in [0.15, 0.2) is 30.6 Å². The molecule has 27 heavy (non-hydrogen) atoms. The average molecular weight is 363 g/mol. The molecule has 2 aromatic heterocycles. The van der Waals surface area contributed by atoms with E-state index in [0.29, 0.717) is 19.5 Å². The third kappa shape index (κ3) is 3.27. The SMILES string of the molecule is Cc1[nH]c2c(C)ccc(C)c2c1CC(=O)N1CCN(c2ncccn2)CC1. The maximum Gasteiger partial charge on any atom is 0.227 e. The van der Waals surface area contributed by atoms with Crippen LogP contribution in [0.25, 0.3) is 10.9 Å². The molecule has 1 saturated heterocycles. The highest BCUT2D eigenvalue weighted by Crippen LogP contribution is 2.28. The molecule has 1 aromatic carbocycles. The van der Waals surface area contributed by atoms with Crippen molar-refractivity contribution in [3.8, 4) is 0 Å². The first-order valence-electron chi connectivity index (χ1n) is 9.41. The van der Waals surface area contributed by atoms with Gasteiger partial charge in [0.25, 0.3) is 0 Å². The quantitative estimate of drug-likeness (QED) is 0.777. The monoisotopic (exact) mass is 363 g/mol. The molecule has 0 unspecified atom stereocenters. The molecule has 1 amide bonds. The second-order valence-electron chi connectivity index (χ2n) is 7.27. The summed E-state index contributed by atoms with van der Waals surface area (Å²) in [5, 5.41) is 1.21. The molecule has 140 valence electrons. The number of H-pyrrole nitrogens is 1. The molecule has 0 aliphatic carbocycles. The minimum Gasteiger partial charge on any atom is -0.358 e. The van der Waals surface area contributed by atoms with Gasteiger partial charge in [-0.2, -0.15) is 0 Å². The molecular weight excluding hydrogens is 338 g/mol. The van der Waals surface area contributed by atoms with Gasteiger partial charge < -0.3 is 14.8 Å². The van der Waals surface area contributed by atoms with Crippen LogP contribution in [0.5, 0.6) is 0 Å². The van der Waals surface area contributed by atoms with Crippen molar-refractivity contribution in [1.29, 1.82) is 0 Å². The van der Waals surface area contributed by atoms with E-state index in [1.807, 2.05) is 11.0 Å². The summed E-state index contributed by atoms with van der Waals surface area (Å²) in [7, 11) is 0. The van der Waals surface area contributed by atoms with Crippen LogP contribution in [0.3, 0.4) is 0 Å². The Morgan fingerprint density at radius 3 is 2.41 bits per heavy atom. The first kappa shape index (κ1) is 17.5. The maximum absolute atomic E-state index is 13.0. The second kappa shape index (κ2) is 7.02. The van der Waals surface area contributed by atoms with Crippen molar-refractivity contribution in [2.24, 2.45) is 0 Å². The third-order valence-corrected chi connectivity index (χ3v) is 5.48. The van der Waals surface area contributed by atoms with E-state index >= 15 is 0 Å². The van der Waals surface area contributed by atoms with Gasteiger partial charge >= 0.3 is 0 Å². The number of aromatic nitrogens is 3. The summed E-state index contributed by atoms with van der Waals surface area (Å²) in [6.07, 6.45) is 3.95. The van der Waals surface area contributed by atoms with Crippen molar-refractivity contribution < 1.29 is 4.79 Å². The van der Waals surface area contributed by atoms with Gasteiger partial charge in [-0.1, -0.05) is 12.1 Å². The summed E-state index contributed by atoms with van der Waals surface area (Å²) < 4.78 is 0. The fraction of sp³-hybridized carbons (Fsp3) is 0.381.